The lowest BCUT2D eigenvalue weighted by molar-refractivity contribution is -0.131. The van der Waals surface area contributed by atoms with Gasteiger partial charge in [0.2, 0.25) is 0 Å². The van der Waals surface area contributed by atoms with E-state index in [1.807, 2.05) is 0 Å². The Morgan fingerprint density at radius 2 is 1.61 bits per heavy atom. The van der Waals surface area contributed by atoms with Gasteiger partial charge in [0, 0.05) is 6.08 Å². The molecule has 0 heterocycles. The van der Waals surface area contributed by atoms with Crippen molar-refractivity contribution in [2.24, 2.45) is 0 Å². The lowest BCUT2D eigenvalue weighted by Gasteiger charge is -1.96. The molecule has 1 aromatic carbocycles. The van der Waals surface area contributed by atoms with Gasteiger partial charge in [-0.1, -0.05) is 57.2 Å². The Balaban J connectivity index is 0.000000433. The van der Waals surface area contributed by atoms with E-state index in [0.717, 1.165) is 12.8 Å². The first-order valence-electron chi connectivity index (χ1n) is 7.89. The Morgan fingerprint density at radius 3 is 2.13 bits per heavy atom. The zero-order valence-electron chi connectivity index (χ0n) is 13.6. The molecule has 0 radical (unpaired) electrons. The maximum absolute atomic E-state index is 10.3. The summed E-state index contributed by atoms with van der Waals surface area (Å²) in [6.45, 7) is 2.20. The fraction of sp³-hybridized carbons (Fsp3) is 0.444. The molecule has 0 aliphatic carbocycles. The highest BCUT2D eigenvalue weighted by Gasteiger charge is 2.05. The van der Waals surface area contributed by atoms with Crippen LogP contribution in [-0.2, 0) is 4.79 Å². The number of unbranched alkanes of at least 4 members (excludes halogenated alkanes) is 6. The molecule has 0 atom stereocenters. The summed E-state index contributed by atoms with van der Waals surface area (Å²) in [6, 6.07) is 5.81. The van der Waals surface area contributed by atoms with Gasteiger partial charge in [0.05, 0.1) is 0 Å². The van der Waals surface area contributed by atoms with Gasteiger partial charge in [-0.25, -0.2) is 9.59 Å². The van der Waals surface area contributed by atoms with E-state index >= 15 is 0 Å². The van der Waals surface area contributed by atoms with Crippen LogP contribution in [0.2, 0.25) is 0 Å². The Kier molecular flexibility index (Phi) is 12.0. The lowest BCUT2D eigenvalue weighted by Crippen LogP contribution is -1.95. The number of carboxylic acid groups (broad SMARTS) is 2. The summed E-state index contributed by atoms with van der Waals surface area (Å²) in [5.41, 5.74) is -0.0671. The second-order valence-electron chi connectivity index (χ2n) is 5.12. The Labute approximate surface area is 137 Å². The molecule has 0 amide bonds. The van der Waals surface area contributed by atoms with Crippen molar-refractivity contribution in [2.45, 2.75) is 51.9 Å². The Bertz CT molecular complexity index is 494. The second kappa shape index (κ2) is 13.4. The van der Waals surface area contributed by atoms with Crippen molar-refractivity contribution in [3.05, 3.63) is 42.0 Å². The normalized spacial score (nSPS) is 10.1. The highest BCUT2D eigenvalue weighted by Crippen LogP contribution is 2.14. The SMILES string of the molecule is CCCCCCCCC=CC(=O)O.O=C(O)c1ccccc1O. The summed E-state index contributed by atoms with van der Waals surface area (Å²) in [4.78, 5) is 20.3. The van der Waals surface area contributed by atoms with E-state index in [2.05, 4.69) is 6.92 Å². The van der Waals surface area contributed by atoms with Crippen LogP contribution >= 0.6 is 0 Å². The molecule has 128 valence electrons. The van der Waals surface area contributed by atoms with Gasteiger partial charge in [0.25, 0.3) is 0 Å². The minimum absolute atomic E-state index is 0.0671. The van der Waals surface area contributed by atoms with Crippen LogP contribution in [0.3, 0.4) is 0 Å². The van der Waals surface area contributed by atoms with E-state index in [9.17, 15) is 9.59 Å². The molecule has 0 bridgehead atoms. The molecule has 3 N–H and O–H groups in total. The molecule has 1 rings (SSSR count). The number of aromatic carboxylic acids is 1. The fourth-order valence-electron chi connectivity index (χ4n) is 1.88. The number of aromatic hydroxyl groups is 1. The molecule has 5 nitrogen and oxygen atoms in total. The highest BCUT2D eigenvalue weighted by molar-refractivity contribution is 5.90. The fourth-order valence-corrected chi connectivity index (χ4v) is 1.88. The van der Waals surface area contributed by atoms with Gasteiger partial charge in [-0.3, -0.25) is 0 Å². The van der Waals surface area contributed by atoms with Gasteiger partial charge in [0.15, 0.2) is 0 Å². The van der Waals surface area contributed by atoms with Crippen LogP contribution in [0.4, 0.5) is 0 Å². The van der Waals surface area contributed by atoms with Gasteiger partial charge in [-0.2, -0.15) is 0 Å². The van der Waals surface area contributed by atoms with Crippen LogP contribution < -0.4 is 0 Å². The second-order valence-corrected chi connectivity index (χ2v) is 5.12. The molecular formula is C18H26O5. The minimum Gasteiger partial charge on any atom is -0.507 e. The largest absolute Gasteiger partial charge is 0.507 e. The minimum atomic E-state index is -1.11. The molecule has 0 aliphatic rings. The molecule has 0 spiro atoms. The predicted molar refractivity (Wildman–Crippen MR) is 89.8 cm³/mol. The number of hydrogen-bond acceptors (Lipinski definition) is 3. The van der Waals surface area contributed by atoms with Crippen LogP contribution in [0.5, 0.6) is 5.75 Å². The topological polar surface area (TPSA) is 94.8 Å². The summed E-state index contributed by atoms with van der Waals surface area (Å²) in [5, 5.41) is 25.6. The zero-order valence-corrected chi connectivity index (χ0v) is 13.6. The van der Waals surface area contributed by atoms with Crippen LogP contribution in [-0.4, -0.2) is 27.3 Å². The van der Waals surface area contributed by atoms with Crippen LogP contribution in [0.25, 0.3) is 0 Å². The van der Waals surface area contributed by atoms with Crippen molar-refractivity contribution in [3.8, 4) is 5.75 Å². The zero-order chi connectivity index (χ0) is 17.5. The van der Waals surface area contributed by atoms with Crippen molar-refractivity contribution < 1.29 is 24.9 Å². The van der Waals surface area contributed by atoms with Crippen molar-refractivity contribution in [3.63, 3.8) is 0 Å². The third-order valence-corrected chi connectivity index (χ3v) is 3.12. The quantitative estimate of drug-likeness (QED) is 0.460. The molecule has 0 unspecified atom stereocenters. The number of carboxylic acids is 2. The smallest absolute Gasteiger partial charge is 0.339 e. The number of phenols is 1. The van der Waals surface area contributed by atoms with E-state index in [1.165, 1.54) is 50.3 Å². The number of benzene rings is 1. The van der Waals surface area contributed by atoms with Crippen LogP contribution in [0.15, 0.2) is 36.4 Å². The molecular weight excluding hydrogens is 296 g/mol. The summed E-state index contributed by atoms with van der Waals surface area (Å²) >= 11 is 0. The average molecular weight is 322 g/mol. The number of para-hydroxylation sites is 1. The predicted octanol–water partition coefficient (Wildman–Crippen LogP) is 4.47. The van der Waals surface area contributed by atoms with Gasteiger partial charge < -0.3 is 15.3 Å². The lowest BCUT2D eigenvalue weighted by atomic mass is 10.1. The van der Waals surface area contributed by atoms with E-state index in [4.69, 9.17) is 15.3 Å². The van der Waals surface area contributed by atoms with Gasteiger partial charge in [-0.05, 0) is 25.0 Å². The van der Waals surface area contributed by atoms with Crippen LogP contribution in [0.1, 0.15) is 62.2 Å². The third kappa shape index (κ3) is 12.0. The maximum Gasteiger partial charge on any atom is 0.339 e. The summed E-state index contributed by atoms with van der Waals surface area (Å²) in [5.74, 6) is -2.15. The molecule has 23 heavy (non-hydrogen) atoms. The summed E-state index contributed by atoms with van der Waals surface area (Å²) in [7, 11) is 0. The van der Waals surface area contributed by atoms with Gasteiger partial charge in [-0.15, -0.1) is 0 Å². The van der Waals surface area contributed by atoms with E-state index in [0.29, 0.717) is 0 Å². The van der Waals surface area contributed by atoms with E-state index in [1.54, 1.807) is 18.2 Å². The van der Waals surface area contributed by atoms with E-state index < -0.39 is 11.9 Å². The molecule has 0 fully saturated rings. The Morgan fingerprint density at radius 1 is 1.00 bits per heavy atom. The number of allylic oxidation sites excluding steroid dienone is 1. The number of hydrogen-bond donors (Lipinski definition) is 3. The monoisotopic (exact) mass is 322 g/mol. The molecule has 5 heteroatoms. The van der Waals surface area contributed by atoms with Gasteiger partial charge in [0.1, 0.15) is 11.3 Å². The van der Waals surface area contributed by atoms with Crippen molar-refractivity contribution >= 4 is 11.9 Å². The molecule has 0 aromatic heterocycles. The van der Waals surface area contributed by atoms with Crippen molar-refractivity contribution in [2.75, 3.05) is 0 Å². The Hall–Kier alpha value is -2.30. The number of aliphatic carboxylic acids is 1. The molecule has 0 aliphatic heterocycles. The van der Waals surface area contributed by atoms with Crippen molar-refractivity contribution in [1.29, 1.82) is 0 Å². The first kappa shape index (κ1) is 20.7. The average Bonchev–Trinajstić information content (AvgIpc) is 2.50. The van der Waals surface area contributed by atoms with Crippen LogP contribution in [0, 0.1) is 0 Å². The molecule has 0 saturated carbocycles. The summed E-state index contributed by atoms with van der Waals surface area (Å²) < 4.78 is 0. The van der Waals surface area contributed by atoms with Gasteiger partial charge >= 0.3 is 11.9 Å². The highest BCUT2D eigenvalue weighted by atomic mass is 16.4. The van der Waals surface area contributed by atoms with Crippen molar-refractivity contribution in [1.82, 2.24) is 0 Å². The first-order chi connectivity index (χ1) is 11.0. The molecule has 1 aromatic rings. The third-order valence-electron chi connectivity index (χ3n) is 3.12. The maximum atomic E-state index is 10.3. The summed E-state index contributed by atoms with van der Waals surface area (Å²) in [6.07, 6.45) is 11.4. The van der Waals surface area contributed by atoms with E-state index in [-0.39, 0.29) is 11.3 Å². The first-order valence-corrected chi connectivity index (χ1v) is 7.89. The number of carbonyl (C=O) groups is 2. The molecule has 0 saturated heterocycles. The number of rotatable bonds is 9. The standard InChI is InChI=1S/C11H20O2.C7H6O3/c1-2-3-4-5-6-7-8-9-10-11(12)13;8-6-4-2-1-3-5(6)7(9)10/h9-10H,2-8H2,1H3,(H,12,13);1-4,8H,(H,9,10).